The molecule has 10 heteroatoms. The number of carbonyl (C=O) groups excluding carboxylic acids is 1. The van der Waals surface area contributed by atoms with E-state index in [2.05, 4.69) is 24.1 Å². The molecule has 6 nitrogen and oxygen atoms in total. The zero-order chi connectivity index (χ0) is 31.6. The largest absolute Gasteiger partial charge is 0.503 e. The van der Waals surface area contributed by atoms with E-state index in [0.29, 0.717) is 11.1 Å². The van der Waals surface area contributed by atoms with Crippen LogP contribution in [-0.2, 0) is 11.6 Å². The summed E-state index contributed by atoms with van der Waals surface area (Å²) in [4.78, 5) is 24.2. The number of piperidine rings is 1. The second-order valence-corrected chi connectivity index (χ2v) is 11.0. The average Bonchev–Trinajstić information content (AvgIpc) is 2.97. The van der Waals surface area contributed by atoms with Gasteiger partial charge in [0, 0.05) is 24.7 Å². The fraction of sp³-hybridized carbons (Fsp3) is 0.394. The van der Waals surface area contributed by atoms with Crippen molar-refractivity contribution in [2.75, 3.05) is 19.6 Å². The topological polar surface area (TPSA) is 89.9 Å². The Morgan fingerprint density at radius 2 is 1.51 bits per heavy atom. The fourth-order valence-electron chi connectivity index (χ4n) is 5.41. The van der Waals surface area contributed by atoms with Gasteiger partial charge in [0.15, 0.2) is 0 Å². The number of halogens is 4. The van der Waals surface area contributed by atoms with Gasteiger partial charge in [0.25, 0.3) is 5.91 Å². The van der Waals surface area contributed by atoms with E-state index in [-0.39, 0.29) is 22.8 Å². The van der Waals surface area contributed by atoms with Crippen LogP contribution in [0.15, 0.2) is 72.8 Å². The minimum absolute atomic E-state index is 0.0125. The molecular formula is C33H38F4N2O4. The highest BCUT2D eigenvalue weighted by molar-refractivity contribution is 6.01. The molecule has 1 aliphatic rings. The summed E-state index contributed by atoms with van der Waals surface area (Å²) >= 11 is 0. The molecule has 1 fully saturated rings. The molecule has 1 unspecified atom stereocenters. The van der Waals surface area contributed by atoms with E-state index in [9.17, 15) is 22.4 Å². The van der Waals surface area contributed by atoms with Crippen LogP contribution in [0, 0.1) is 5.82 Å². The Hall–Kier alpha value is -3.92. The SMILES string of the molecule is CCC(C)(CCCN1CCC(NC(=O)c2cc(C(F)(F)F)ccc2-c2ccccc2)CC1)c1ccc(F)cc1.O=C(O)O. The zero-order valence-electron chi connectivity index (χ0n) is 24.3. The third kappa shape index (κ3) is 9.81. The van der Waals surface area contributed by atoms with Gasteiger partial charge in [-0.3, -0.25) is 4.79 Å². The number of hydrogen-bond acceptors (Lipinski definition) is 3. The van der Waals surface area contributed by atoms with Crippen LogP contribution in [0.25, 0.3) is 11.1 Å². The monoisotopic (exact) mass is 602 g/mol. The molecule has 0 aromatic heterocycles. The molecule has 3 aromatic rings. The number of hydrogen-bond donors (Lipinski definition) is 3. The summed E-state index contributed by atoms with van der Waals surface area (Å²) in [5, 5.41) is 16.9. The van der Waals surface area contributed by atoms with E-state index in [1.807, 2.05) is 18.2 Å². The molecule has 0 spiro atoms. The van der Waals surface area contributed by atoms with E-state index >= 15 is 0 Å². The van der Waals surface area contributed by atoms with Gasteiger partial charge in [-0.15, -0.1) is 0 Å². The van der Waals surface area contributed by atoms with E-state index < -0.39 is 23.8 Å². The first-order chi connectivity index (χ1) is 20.3. The van der Waals surface area contributed by atoms with Crippen molar-refractivity contribution in [1.82, 2.24) is 10.2 Å². The van der Waals surface area contributed by atoms with Gasteiger partial charge in [0.1, 0.15) is 5.82 Å². The van der Waals surface area contributed by atoms with E-state index in [1.165, 1.54) is 18.2 Å². The number of alkyl halides is 3. The van der Waals surface area contributed by atoms with Crippen LogP contribution in [0.5, 0.6) is 0 Å². The first-order valence-corrected chi connectivity index (χ1v) is 14.3. The van der Waals surface area contributed by atoms with Gasteiger partial charge < -0.3 is 20.4 Å². The van der Waals surface area contributed by atoms with Crippen LogP contribution < -0.4 is 5.32 Å². The van der Waals surface area contributed by atoms with Crippen LogP contribution in [0.1, 0.15) is 67.4 Å². The fourth-order valence-corrected chi connectivity index (χ4v) is 5.41. The molecule has 1 heterocycles. The van der Waals surface area contributed by atoms with Crippen molar-refractivity contribution in [2.45, 2.75) is 63.6 Å². The highest BCUT2D eigenvalue weighted by Gasteiger charge is 2.32. The third-order valence-electron chi connectivity index (χ3n) is 8.12. The molecule has 0 bridgehead atoms. The predicted octanol–water partition coefficient (Wildman–Crippen LogP) is 8.08. The van der Waals surface area contributed by atoms with Crippen molar-refractivity contribution in [1.29, 1.82) is 0 Å². The minimum Gasteiger partial charge on any atom is -0.450 e. The van der Waals surface area contributed by atoms with Gasteiger partial charge in [-0.2, -0.15) is 13.2 Å². The van der Waals surface area contributed by atoms with Crippen LogP contribution in [0.4, 0.5) is 22.4 Å². The summed E-state index contributed by atoms with van der Waals surface area (Å²) in [5.41, 5.74) is 1.53. The number of carboxylic acid groups (broad SMARTS) is 2. The summed E-state index contributed by atoms with van der Waals surface area (Å²) in [7, 11) is 0. The highest BCUT2D eigenvalue weighted by Crippen LogP contribution is 2.34. The highest BCUT2D eigenvalue weighted by atomic mass is 19.4. The lowest BCUT2D eigenvalue weighted by Crippen LogP contribution is -2.45. The summed E-state index contributed by atoms with van der Waals surface area (Å²) in [6.07, 6.45) is -1.91. The van der Waals surface area contributed by atoms with Gasteiger partial charge in [-0.25, -0.2) is 9.18 Å². The van der Waals surface area contributed by atoms with E-state index in [0.717, 1.165) is 69.4 Å². The lowest BCUT2D eigenvalue weighted by Gasteiger charge is -2.34. The predicted molar refractivity (Wildman–Crippen MR) is 158 cm³/mol. The van der Waals surface area contributed by atoms with Crippen molar-refractivity contribution >= 4 is 12.1 Å². The average molecular weight is 603 g/mol. The quantitative estimate of drug-likeness (QED) is 0.216. The molecule has 1 atom stereocenters. The van der Waals surface area contributed by atoms with Gasteiger partial charge in [0.2, 0.25) is 0 Å². The Labute approximate surface area is 249 Å². The first-order valence-electron chi connectivity index (χ1n) is 14.3. The molecule has 4 rings (SSSR count). The molecule has 43 heavy (non-hydrogen) atoms. The Morgan fingerprint density at radius 3 is 2.07 bits per heavy atom. The maximum absolute atomic E-state index is 13.4. The second kappa shape index (κ2) is 15.0. The molecular weight excluding hydrogens is 564 g/mol. The van der Waals surface area contributed by atoms with Gasteiger partial charge in [-0.05, 0) is 85.0 Å². The van der Waals surface area contributed by atoms with Gasteiger partial charge in [0.05, 0.1) is 5.56 Å². The second-order valence-electron chi connectivity index (χ2n) is 11.0. The molecule has 1 saturated heterocycles. The molecule has 0 radical (unpaired) electrons. The standard InChI is InChI=1S/C32H36F4N2O.CH2O3/c1-3-31(2,24-10-13-26(33)14-11-24)18-7-19-38-20-16-27(17-21-38)37-30(39)29-22-25(32(34,35)36)12-15-28(29)23-8-5-4-6-9-23;2-1(3)4/h4-6,8-15,22,27H,3,7,16-21H2,1-2H3,(H,37,39);(H2,2,3,4). The Kier molecular flexibility index (Phi) is 11.7. The lowest BCUT2D eigenvalue weighted by molar-refractivity contribution is -0.137. The van der Waals surface area contributed by atoms with Gasteiger partial charge in [-0.1, -0.05) is 62.4 Å². The molecule has 3 aromatic carbocycles. The minimum atomic E-state index is -4.53. The van der Waals surface area contributed by atoms with Crippen molar-refractivity contribution < 1.29 is 37.4 Å². The molecule has 0 saturated carbocycles. The number of nitrogens with one attached hydrogen (secondary N) is 1. The molecule has 0 aliphatic carbocycles. The molecule has 1 amide bonds. The van der Waals surface area contributed by atoms with Crippen molar-refractivity contribution in [3.05, 3.63) is 95.3 Å². The molecule has 3 N–H and O–H groups in total. The number of amides is 1. The molecule has 1 aliphatic heterocycles. The number of likely N-dealkylation sites (tertiary alicyclic amines) is 1. The smallest absolute Gasteiger partial charge is 0.450 e. The first kappa shape index (κ1) is 33.6. The number of rotatable bonds is 9. The van der Waals surface area contributed by atoms with Gasteiger partial charge >= 0.3 is 12.3 Å². The van der Waals surface area contributed by atoms with Crippen LogP contribution in [0.2, 0.25) is 0 Å². The summed E-state index contributed by atoms with van der Waals surface area (Å²) in [5.74, 6) is -0.701. The Bertz CT molecular complexity index is 1340. The number of benzene rings is 3. The normalized spacial score (nSPS) is 15.6. The van der Waals surface area contributed by atoms with E-state index in [4.69, 9.17) is 15.0 Å². The maximum atomic E-state index is 13.4. The number of carbonyl (C=O) groups is 2. The van der Waals surface area contributed by atoms with Crippen molar-refractivity contribution in [3.8, 4) is 11.1 Å². The molecule has 232 valence electrons. The van der Waals surface area contributed by atoms with Crippen LogP contribution >= 0.6 is 0 Å². The van der Waals surface area contributed by atoms with Crippen LogP contribution in [0.3, 0.4) is 0 Å². The van der Waals surface area contributed by atoms with Crippen molar-refractivity contribution in [2.24, 2.45) is 0 Å². The van der Waals surface area contributed by atoms with Crippen molar-refractivity contribution in [3.63, 3.8) is 0 Å². The Morgan fingerprint density at radius 1 is 0.930 bits per heavy atom. The lowest BCUT2D eigenvalue weighted by atomic mass is 9.76. The van der Waals surface area contributed by atoms with E-state index in [1.54, 1.807) is 24.3 Å². The number of nitrogens with zero attached hydrogens (tertiary/aromatic N) is 1. The summed E-state index contributed by atoms with van der Waals surface area (Å²) < 4.78 is 53.6. The summed E-state index contributed by atoms with van der Waals surface area (Å²) in [6, 6.07) is 19.1. The summed E-state index contributed by atoms with van der Waals surface area (Å²) in [6.45, 7) is 6.95. The Balaban J connectivity index is 0.00000119. The third-order valence-corrected chi connectivity index (χ3v) is 8.12. The zero-order valence-corrected chi connectivity index (χ0v) is 24.3. The maximum Gasteiger partial charge on any atom is 0.503 e. The van der Waals surface area contributed by atoms with Crippen LogP contribution in [-0.4, -0.2) is 52.9 Å².